The van der Waals surface area contributed by atoms with Crippen molar-refractivity contribution in [3.63, 3.8) is 0 Å². The Kier molecular flexibility index (Phi) is 4.13. The summed E-state index contributed by atoms with van der Waals surface area (Å²) in [6.07, 6.45) is 7.31. The summed E-state index contributed by atoms with van der Waals surface area (Å²) in [5.74, 6) is 2.49. The number of fused-ring (bicyclic) bond motifs is 3. The van der Waals surface area contributed by atoms with Crippen LogP contribution in [0.3, 0.4) is 0 Å². The van der Waals surface area contributed by atoms with E-state index in [4.69, 9.17) is 9.97 Å². The molecule has 1 aliphatic rings. The predicted molar refractivity (Wildman–Crippen MR) is 108 cm³/mol. The van der Waals surface area contributed by atoms with Crippen LogP contribution in [0.5, 0.6) is 0 Å². The molecular formula is C21H24N6. The van der Waals surface area contributed by atoms with Crippen LogP contribution in [0.4, 0.5) is 0 Å². The van der Waals surface area contributed by atoms with Crippen LogP contribution in [0.2, 0.25) is 0 Å². The molecule has 4 heterocycles. The molecule has 1 fully saturated rings. The number of H-pyrrole nitrogens is 1. The van der Waals surface area contributed by atoms with Crippen molar-refractivity contribution in [3.8, 4) is 11.6 Å². The van der Waals surface area contributed by atoms with Crippen LogP contribution in [0.15, 0.2) is 36.7 Å². The van der Waals surface area contributed by atoms with Gasteiger partial charge >= 0.3 is 0 Å². The second kappa shape index (κ2) is 6.78. The number of rotatable bonds is 4. The van der Waals surface area contributed by atoms with Gasteiger partial charge < -0.3 is 14.9 Å². The first-order valence-corrected chi connectivity index (χ1v) is 9.77. The summed E-state index contributed by atoms with van der Waals surface area (Å²) in [5.41, 5.74) is 4.15. The summed E-state index contributed by atoms with van der Waals surface area (Å²) in [5, 5.41) is 4.62. The Labute approximate surface area is 158 Å². The smallest absolute Gasteiger partial charge is 0.177 e. The van der Waals surface area contributed by atoms with E-state index in [0.717, 1.165) is 65.7 Å². The predicted octanol–water partition coefficient (Wildman–Crippen LogP) is 3.67. The Morgan fingerprint density at radius 1 is 1.15 bits per heavy atom. The SMILES string of the molecule is Cc1nc2ccccc2c2c1nc(-c1ncc[nH]1)n2CCC1CCNCC1. The van der Waals surface area contributed by atoms with E-state index in [0.29, 0.717) is 0 Å². The highest BCUT2D eigenvalue weighted by molar-refractivity contribution is 6.04. The van der Waals surface area contributed by atoms with E-state index < -0.39 is 0 Å². The standard InChI is InChI=1S/C21H24N6/c1-14-18-19(16-4-2-3-5-17(16)25-14)27(13-8-15-6-9-22-10-7-15)21(26-18)20-23-11-12-24-20/h2-5,11-12,15,22H,6-10,13H2,1H3,(H,23,24). The van der Waals surface area contributed by atoms with Crippen molar-refractivity contribution in [3.05, 3.63) is 42.4 Å². The molecule has 1 aliphatic heterocycles. The number of nitrogens with zero attached hydrogens (tertiary/aromatic N) is 4. The van der Waals surface area contributed by atoms with E-state index in [1.54, 1.807) is 6.20 Å². The lowest BCUT2D eigenvalue weighted by Gasteiger charge is -2.23. The third-order valence-electron chi connectivity index (χ3n) is 5.69. The number of aromatic nitrogens is 5. The molecule has 3 aromatic heterocycles. The van der Waals surface area contributed by atoms with Gasteiger partial charge in [0, 0.05) is 24.3 Å². The number of para-hydroxylation sites is 1. The Morgan fingerprint density at radius 2 is 2.00 bits per heavy atom. The summed E-state index contributed by atoms with van der Waals surface area (Å²) >= 11 is 0. The molecule has 138 valence electrons. The quantitative estimate of drug-likeness (QED) is 0.582. The maximum absolute atomic E-state index is 4.96. The molecule has 0 atom stereocenters. The lowest BCUT2D eigenvalue weighted by Crippen LogP contribution is -2.28. The number of hydrogen-bond acceptors (Lipinski definition) is 4. The molecule has 0 aliphatic carbocycles. The van der Waals surface area contributed by atoms with Gasteiger partial charge in [0.2, 0.25) is 0 Å². The van der Waals surface area contributed by atoms with Gasteiger partial charge in [0.15, 0.2) is 11.6 Å². The molecule has 6 nitrogen and oxygen atoms in total. The lowest BCUT2D eigenvalue weighted by molar-refractivity contribution is 0.340. The summed E-state index contributed by atoms with van der Waals surface area (Å²) in [4.78, 5) is 17.5. The van der Waals surface area contributed by atoms with Gasteiger partial charge in [0.1, 0.15) is 5.52 Å². The fourth-order valence-electron chi connectivity index (χ4n) is 4.25. The Bertz CT molecular complexity index is 1070. The molecule has 6 heteroatoms. The summed E-state index contributed by atoms with van der Waals surface area (Å²) < 4.78 is 2.35. The Balaban J connectivity index is 1.68. The largest absolute Gasteiger partial charge is 0.342 e. The number of piperidine rings is 1. The molecule has 0 amide bonds. The second-order valence-corrected chi connectivity index (χ2v) is 7.42. The number of imidazole rings is 2. The van der Waals surface area contributed by atoms with Crippen LogP contribution in [0.25, 0.3) is 33.6 Å². The molecule has 0 bridgehead atoms. The molecule has 0 saturated carbocycles. The second-order valence-electron chi connectivity index (χ2n) is 7.42. The molecule has 1 aromatic carbocycles. The van der Waals surface area contributed by atoms with E-state index in [9.17, 15) is 0 Å². The molecule has 2 N–H and O–H groups in total. The van der Waals surface area contributed by atoms with E-state index >= 15 is 0 Å². The average Bonchev–Trinajstić information content (AvgIpc) is 3.35. The van der Waals surface area contributed by atoms with Gasteiger partial charge in [-0.1, -0.05) is 18.2 Å². The topological polar surface area (TPSA) is 71.4 Å². The first-order chi connectivity index (χ1) is 13.3. The average molecular weight is 360 g/mol. The van der Waals surface area contributed by atoms with E-state index in [1.807, 2.05) is 19.2 Å². The highest BCUT2D eigenvalue weighted by Crippen LogP contribution is 2.31. The first-order valence-electron chi connectivity index (χ1n) is 9.77. The molecule has 0 unspecified atom stereocenters. The van der Waals surface area contributed by atoms with Crippen molar-refractivity contribution >= 4 is 21.9 Å². The minimum atomic E-state index is 0.766. The van der Waals surface area contributed by atoms with Crippen LogP contribution in [-0.4, -0.2) is 37.6 Å². The van der Waals surface area contributed by atoms with Gasteiger partial charge in [-0.3, -0.25) is 4.98 Å². The number of aryl methyl sites for hydroxylation is 2. The molecule has 1 saturated heterocycles. The highest BCUT2D eigenvalue weighted by Gasteiger charge is 2.20. The molecular weight excluding hydrogens is 336 g/mol. The zero-order chi connectivity index (χ0) is 18.2. The van der Waals surface area contributed by atoms with Crippen LogP contribution >= 0.6 is 0 Å². The molecule has 0 spiro atoms. The van der Waals surface area contributed by atoms with Crippen molar-refractivity contribution in [2.24, 2.45) is 5.92 Å². The molecule has 4 aromatic rings. The number of benzene rings is 1. The third kappa shape index (κ3) is 2.90. The van der Waals surface area contributed by atoms with Crippen molar-refractivity contribution in [1.29, 1.82) is 0 Å². The molecule has 5 rings (SSSR count). The number of nitrogens with one attached hydrogen (secondary N) is 2. The van der Waals surface area contributed by atoms with E-state index in [2.05, 4.69) is 38.1 Å². The monoisotopic (exact) mass is 360 g/mol. The zero-order valence-corrected chi connectivity index (χ0v) is 15.6. The van der Waals surface area contributed by atoms with Crippen LogP contribution in [0.1, 0.15) is 25.0 Å². The summed E-state index contributed by atoms with van der Waals surface area (Å²) in [7, 11) is 0. The van der Waals surface area contributed by atoms with Gasteiger partial charge in [-0.2, -0.15) is 0 Å². The number of hydrogen-bond donors (Lipinski definition) is 2. The summed E-state index contributed by atoms with van der Waals surface area (Å²) in [6.45, 7) is 5.26. The normalized spacial score (nSPS) is 15.7. The summed E-state index contributed by atoms with van der Waals surface area (Å²) in [6, 6.07) is 8.36. The Hall–Kier alpha value is -2.73. The van der Waals surface area contributed by atoms with Crippen LogP contribution < -0.4 is 5.32 Å². The van der Waals surface area contributed by atoms with Crippen LogP contribution in [-0.2, 0) is 6.54 Å². The van der Waals surface area contributed by atoms with Gasteiger partial charge in [-0.25, -0.2) is 9.97 Å². The van der Waals surface area contributed by atoms with E-state index in [1.165, 1.54) is 18.4 Å². The van der Waals surface area contributed by atoms with Gasteiger partial charge in [-0.05, 0) is 51.3 Å². The van der Waals surface area contributed by atoms with Gasteiger partial charge in [-0.15, -0.1) is 0 Å². The van der Waals surface area contributed by atoms with Crippen molar-refractivity contribution in [1.82, 2.24) is 29.8 Å². The number of pyridine rings is 1. The first kappa shape index (κ1) is 16.4. The fraction of sp³-hybridized carbons (Fsp3) is 0.381. The minimum absolute atomic E-state index is 0.766. The van der Waals surface area contributed by atoms with Crippen LogP contribution in [0, 0.1) is 12.8 Å². The highest BCUT2D eigenvalue weighted by atomic mass is 15.1. The van der Waals surface area contributed by atoms with Gasteiger partial charge in [0.05, 0.1) is 16.7 Å². The molecule has 27 heavy (non-hydrogen) atoms. The minimum Gasteiger partial charge on any atom is -0.342 e. The maximum atomic E-state index is 4.96. The van der Waals surface area contributed by atoms with Crippen molar-refractivity contribution in [2.75, 3.05) is 13.1 Å². The Morgan fingerprint density at radius 3 is 2.81 bits per heavy atom. The lowest BCUT2D eigenvalue weighted by atomic mass is 9.94. The third-order valence-corrected chi connectivity index (χ3v) is 5.69. The van der Waals surface area contributed by atoms with E-state index in [-0.39, 0.29) is 0 Å². The fourth-order valence-corrected chi connectivity index (χ4v) is 4.25. The van der Waals surface area contributed by atoms with Gasteiger partial charge in [0.25, 0.3) is 0 Å². The maximum Gasteiger partial charge on any atom is 0.177 e. The molecule has 0 radical (unpaired) electrons. The zero-order valence-electron chi connectivity index (χ0n) is 15.6. The number of aromatic amines is 1. The van der Waals surface area contributed by atoms with Crippen molar-refractivity contribution < 1.29 is 0 Å². The van der Waals surface area contributed by atoms with Crippen molar-refractivity contribution in [2.45, 2.75) is 32.7 Å².